The smallest absolute Gasteiger partial charge is 0.109 e. The molecule has 4 heteroatoms. The molecule has 3 N–H and O–H groups in total. The number of nitrogens with one attached hydrogen (secondary N) is 3. The molecule has 1 atom stereocenters. The van der Waals surface area contributed by atoms with Crippen LogP contribution in [-0.4, -0.2) is 20.6 Å². The number of hydrogen-bond acceptors (Lipinski definition) is 4. The molecule has 0 fully saturated rings. The maximum Gasteiger partial charge on any atom is 0.109 e. The lowest BCUT2D eigenvalue weighted by atomic mass is 9.89. The van der Waals surface area contributed by atoms with Crippen LogP contribution < -0.4 is 10.6 Å². The van der Waals surface area contributed by atoms with Crippen LogP contribution in [-0.2, 0) is 6.42 Å². The Morgan fingerprint density at radius 2 is 2.04 bits per heavy atom. The summed E-state index contributed by atoms with van der Waals surface area (Å²) in [5.41, 5.74) is 14.3. The molecule has 26 heavy (non-hydrogen) atoms. The van der Waals surface area contributed by atoms with Crippen LogP contribution in [0.15, 0.2) is 53.2 Å². The summed E-state index contributed by atoms with van der Waals surface area (Å²) in [6, 6.07) is 4.33. The van der Waals surface area contributed by atoms with Gasteiger partial charge in [0.2, 0.25) is 0 Å². The van der Waals surface area contributed by atoms with Crippen molar-refractivity contribution in [1.82, 2.24) is 5.32 Å². The molecule has 0 aromatic heterocycles. The van der Waals surface area contributed by atoms with E-state index < -0.39 is 0 Å². The van der Waals surface area contributed by atoms with E-state index in [1.165, 1.54) is 22.3 Å². The van der Waals surface area contributed by atoms with Gasteiger partial charge >= 0.3 is 0 Å². The maximum atomic E-state index is 7.53. The Bertz CT molecular complexity index is 671. The number of nitrogens with zero attached hydrogens (tertiary/aromatic N) is 1. The van der Waals surface area contributed by atoms with Crippen molar-refractivity contribution >= 4 is 11.4 Å². The molecule has 0 saturated carbocycles. The summed E-state index contributed by atoms with van der Waals surface area (Å²) in [6.07, 6.45) is 9.16. The molecule has 0 bridgehead atoms. The Balaban J connectivity index is 3.22. The van der Waals surface area contributed by atoms with Crippen LogP contribution in [0.2, 0.25) is 0 Å². The molecular formula is C22H34N4. The fourth-order valence-corrected chi connectivity index (χ4v) is 3.27. The van der Waals surface area contributed by atoms with E-state index in [1.54, 1.807) is 0 Å². The molecule has 1 rings (SSSR count). The quantitative estimate of drug-likeness (QED) is 0.331. The Hall–Kier alpha value is -2.20. The molecule has 0 saturated heterocycles. The normalized spacial score (nSPS) is 13.4. The van der Waals surface area contributed by atoms with Crippen molar-refractivity contribution in [3.8, 4) is 0 Å². The van der Waals surface area contributed by atoms with Gasteiger partial charge in [-0.1, -0.05) is 44.7 Å². The van der Waals surface area contributed by atoms with Gasteiger partial charge in [-0.2, -0.15) is 5.11 Å². The summed E-state index contributed by atoms with van der Waals surface area (Å²) < 4.78 is 0. The van der Waals surface area contributed by atoms with Gasteiger partial charge in [-0.3, -0.25) is 0 Å². The summed E-state index contributed by atoms with van der Waals surface area (Å²) in [4.78, 5) is 0. The average molecular weight is 355 g/mol. The monoisotopic (exact) mass is 354 g/mol. The zero-order valence-corrected chi connectivity index (χ0v) is 16.9. The van der Waals surface area contributed by atoms with Gasteiger partial charge in [0.1, 0.15) is 5.69 Å². The minimum atomic E-state index is 0.412. The lowest BCUT2D eigenvalue weighted by Crippen LogP contribution is -2.11. The summed E-state index contributed by atoms with van der Waals surface area (Å²) in [6.45, 7) is 11.1. The van der Waals surface area contributed by atoms with Crippen molar-refractivity contribution in [1.29, 1.82) is 5.53 Å². The standard InChI is InChI=1S/C22H34N4/c1-7-10-16(4)19(15-24-5)12-11-17(8-2)20-13-18(9-3)22(25-6)21(14-20)26-23/h7,10,12-14,17,23-25H,1,8-9,11,15H2,2-6H3/b16-10-,19-12-,26-23?. The second-order valence-electron chi connectivity index (χ2n) is 6.48. The van der Waals surface area contributed by atoms with Crippen LogP contribution in [0.4, 0.5) is 11.4 Å². The van der Waals surface area contributed by atoms with Crippen molar-refractivity contribution in [2.45, 2.75) is 46.0 Å². The highest BCUT2D eigenvalue weighted by molar-refractivity contribution is 5.70. The Morgan fingerprint density at radius 1 is 1.31 bits per heavy atom. The zero-order valence-electron chi connectivity index (χ0n) is 16.9. The van der Waals surface area contributed by atoms with E-state index in [0.717, 1.165) is 37.2 Å². The Labute approximate surface area is 159 Å². The van der Waals surface area contributed by atoms with Gasteiger partial charge in [-0.25, -0.2) is 5.53 Å². The molecule has 1 aromatic carbocycles. The lowest BCUT2D eigenvalue weighted by Gasteiger charge is -2.19. The van der Waals surface area contributed by atoms with Crippen LogP contribution in [0.25, 0.3) is 0 Å². The molecule has 142 valence electrons. The van der Waals surface area contributed by atoms with Crippen molar-refractivity contribution in [3.63, 3.8) is 0 Å². The largest absolute Gasteiger partial charge is 0.386 e. The first kappa shape index (κ1) is 21.8. The summed E-state index contributed by atoms with van der Waals surface area (Å²) >= 11 is 0. The molecule has 0 aliphatic heterocycles. The SMILES string of the molecule is C=C/C=C(C)\C(=C/CC(CC)c1cc(CC)c(NC)c(N=N)c1)CNC. The fourth-order valence-electron chi connectivity index (χ4n) is 3.27. The number of allylic oxidation sites excluding steroid dienone is 3. The first-order valence-corrected chi connectivity index (χ1v) is 9.41. The highest BCUT2D eigenvalue weighted by atomic mass is 15.0. The van der Waals surface area contributed by atoms with E-state index in [1.807, 2.05) is 20.2 Å². The van der Waals surface area contributed by atoms with Crippen molar-refractivity contribution in [2.75, 3.05) is 26.0 Å². The summed E-state index contributed by atoms with van der Waals surface area (Å²) in [5.74, 6) is 0.412. The molecule has 0 radical (unpaired) electrons. The molecule has 0 amide bonds. The topological polar surface area (TPSA) is 60.3 Å². The number of benzene rings is 1. The minimum Gasteiger partial charge on any atom is -0.386 e. The third kappa shape index (κ3) is 5.67. The van der Waals surface area contributed by atoms with Gasteiger partial charge in [0.15, 0.2) is 0 Å². The summed E-state index contributed by atoms with van der Waals surface area (Å²) in [5, 5.41) is 10.2. The van der Waals surface area contributed by atoms with Crippen LogP contribution >= 0.6 is 0 Å². The van der Waals surface area contributed by atoms with Crippen LogP contribution in [0.5, 0.6) is 0 Å². The van der Waals surface area contributed by atoms with E-state index in [-0.39, 0.29) is 0 Å². The van der Waals surface area contributed by atoms with E-state index in [0.29, 0.717) is 5.92 Å². The van der Waals surface area contributed by atoms with Crippen LogP contribution in [0.3, 0.4) is 0 Å². The van der Waals surface area contributed by atoms with Gasteiger partial charge in [0.25, 0.3) is 0 Å². The molecular weight excluding hydrogens is 320 g/mol. The third-order valence-corrected chi connectivity index (χ3v) is 4.83. The number of hydrogen-bond donors (Lipinski definition) is 3. The first-order chi connectivity index (χ1) is 12.6. The number of rotatable bonds is 11. The predicted octanol–water partition coefficient (Wildman–Crippen LogP) is 6.11. The average Bonchev–Trinajstić information content (AvgIpc) is 2.66. The van der Waals surface area contributed by atoms with Gasteiger partial charge < -0.3 is 10.6 Å². The molecule has 1 aromatic rings. The van der Waals surface area contributed by atoms with Gasteiger partial charge in [0, 0.05) is 13.6 Å². The van der Waals surface area contributed by atoms with Gasteiger partial charge in [0.05, 0.1) is 5.69 Å². The predicted molar refractivity (Wildman–Crippen MR) is 114 cm³/mol. The molecule has 4 nitrogen and oxygen atoms in total. The Morgan fingerprint density at radius 3 is 2.54 bits per heavy atom. The highest BCUT2D eigenvalue weighted by Crippen LogP contribution is 2.36. The second kappa shape index (κ2) is 11.4. The number of likely N-dealkylation sites (N-methyl/N-ethyl adjacent to an activating group) is 1. The molecule has 0 spiro atoms. The van der Waals surface area contributed by atoms with E-state index in [4.69, 9.17) is 5.53 Å². The van der Waals surface area contributed by atoms with Crippen molar-refractivity contribution in [3.05, 3.63) is 59.2 Å². The van der Waals surface area contributed by atoms with Crippen molar-refractivity contribution < 1.29 is 0 Å². The first-order valence-electron chi connectivity index (χ1n) is 9.41. The van der Waals surface area contributed by atoms with E-state index in [2.05, 4.69) is 67.4 Å². The molecule has 1 unspecified atom stereocenters. The van der Waals surface area contributed by atoms with Crippen LogP contribution in [0, 0.1) is 5.53 Å². The number of aryl methyl sites for hydroxylation is 1. The number of anilines is 1. The third-order valence-electron chi connectivity index (χ3n) is 4.83. The lowest BCUT2D eigenvalue weighted by molar-refractivity contribution is 0.669. The molecule has 0 aliphatic carbocycles. The Kier molecular flexibility index (Phi) is 9.60. The minimum absolute atomic E-state index is 0.412. The van der Waals surface area contributed by atoms with E-state index >= 15 is 0 Å². The van der Waals surface area contributed by atoms with Gasteiger partial charge in [-0.15, -0.1) is 0 Å². The summed E-state index contributed by atoms with van der Waals surface area (Å²) in [7, 11) is 3.86. The van der Waals surface area contributed by atoms with Crippen molar-refractivity contribution in [2.24, 2.45) is 5.11 Å². The van der Waals surface area contributed by atoms with E-state index in [9.17, 15) is 0 Å². The second-order valence-corrected chi connectivity index (χ2v) is 6.48. The molecule has 0 heterocycles. The highest BCUT2D eigenvalue weighted by Gasteiger charge is 2.15. The van der Waals surface area contributed by atoms with Gasteiger partial charge in [-0.05, 0) is 67.5 Å². The fraction of sp³-hybridized carbons (Fsp3) is 0.455. The van der Waals surface area contributed by atoms with Crippen LogP contribution in [0.1, 0.15) is 50.7 Å². The maximum absolute atomic E-state index is 7.53. The zero-order chi connectivity index (χ0) is 19.5. The molecule has 0 aliphatic rings.